The van der Waals surface area contributed by atoms with Gasteiger partial charge in [-0.3, -0.25) is 14.5 Å². The number of amides is 2. The number of nitrogens with two attached hydrogens (primary N) is 1. The average Bonchev–Trinajstić information content (AvgIpc) is 2.30. The fraction of sp³-hybridized carbons (Fsp3) is 0.333. The Bertz CT molecular complexity index is 459. The fourth-order valence-corrected chi connectivity index (χ4v) is 1.86. The van der Waals surface area contributed by atoms with Crippen LogP contribution in [0.5, 0.6) is 5.75 Å². The van der Waals surface area contributed by atoms with E-state index in [9.17, 15) is 14.7 Å². The number of phenolic OH excluding ortho intramolecular Hbond substituents is 1. The molecule has 0 aliphatic carbocycles. The molecule has 1 aliphatic heterocycles. The average molecular weight is 234 g/mol. The molecule has 2 rings (SSSR count). The predicted octanol–water partition coefficient (Wildman–Crippen LogP) is 0.368. The second-order valence-corrected chi connectivity index (χ2v) is 4.13. The summed E-state index contributed by atoms with van der Waals surface area (Å²) in [6, 6.07) is 5.89. The molecule has 5 heteroatoms. The fourth-order valence-electron chi connectivity index (χ4n) is 1.86. The van der Waals surface area contributed by atoms with Gasteiger partial charge in [0, 0.05) is 6.42 Å². The lowest BCUT2D eigenvalue weighted by Crippen LogP contribution is -2.50. The number of piperidine rings is 1. The normalized spacial score (nSPS) is 20.8. The lowest BCUT2D eigenvalue weighted by molar-refractivity contribution is -0.149. The van der Waals surface area contributed by atoms with E-state index < -0.39 is 6.04 Å². The quantitative estimate of drug-likeness (QED) is 0.724. The highest BCUT2D eigenvalue weighted by Crippen LogP contribution is 2.17. The molecule has 0 bridgehead atoms. The molecule has 1 aliphatic rings. The van der Waals surface area contributed by atoms with Crippen molar-refractivity contribution in [2.75, 3.05) is 0 Å². The summed E-state index contributed by atoms with van der Waals surface area (Å²) >= 11 is 0. The summed E-state index contributed by atoms with van der Waals surface area (Å²) in [6.45, 7) is 0.166. The summed E-state index contributed by atoms with van der Waals surface area (Å²) in [7, 11) is 0. The topological polar surface area (TPSA) is 83.6 Å². The third-order valence-electron chi connectivity index (χ3n) is 2.80. The smallest absolute Gasteiger partial charge is 0.246 e. The van der Waals surface area contributed by atoms with Crippen LogP contribution in [-0.4, -0.2) is 27.9 Å². The van der Waals surface area contributed by atoms with Crippen molar-refractivity contribution in [3.05, 3.63) is 29.8 Å². The van der Waals surface area contributed by atoms with Crippen LogP contribution in [0.3, 0.4) is 0 Å². The van der Waals surface area contributed by atoms with Gasteiger partial charge in [0.05, 0.1) is 12.6 Å². The Labute approximate surface area is 98.8 Å². The predicted molar refractivity (Wildman–Crippen MR) is 60.9 cm³/mol. The van der Waals surface area contributed by atoms with Gasteiger partial charge in [0.25, 0.3) is 0 Å². The van der Waals surface area contributed by atoms with Gasteiger partial charge in [-0.25, -0.2) is 0 Å². The van der Waals surface area contributed by atoms with Crippen molar-refractivity contribution < 1.29 is 14.7 Å². The maximum atomic E-state index is 11.7. The van der Waals surface area contributed by atoms with Crippen LogP contribution in [0.4, 0.5) is 0 Å². The number of imide groups is 1. The zero-order valence-corrected chi connectivity index (χ0v) is 9.30. The number of likely N-dealkylation sites (tertiary alicyclic amines) is 1. The van der Waals surface area contributed by atoms with E-state index >= 15 is 0 Å². The van der Waals surface area contributed by atoms with E-state index in [0.717, 1.165) is 4.90 Å². The van der Waals surface area contributed by atoms with Crippen LogP contribution in [0.2, 0.25) is 0 Å². The van der Waals surface area contributed by atoms with Gasteiger partial charge in [-0.1, -0.05) is 12.1 Å². The number of carbonyl (C=O) groups is 2. The number of rotatable bonds is 2. The van der Waals surface area contributed by atoms with E-state index in [1.165, 1.54) is 12.1 Å². The largest absolute Gasteiger partial charge is 0.508 e. The van der Waals surface area contributed by atoms with E-state index in [2.05, 4.69) is 0 Å². The molecule has 1 saturated heterocycles. The van der Waals surface area contributed by atoms with Crippen LogP contribution < -0.4 is 5.73 Å². The summed E-state index contributed by atoms with van der Waals surface area (Å²) in [4.78, 5) is 24.5. The molecule has 1 heterocycles. The molecule has 1 aromatic rings. The van der Waals surface area contributed by atoms with Crippen LogP contribution in [0, 0.1) is 0 Å². The minimum atomic E-state index is -0.593. The minimum absolute atomic E-state index is 0.115. The monoisotopic (exact) mass is 234 g/mol. The Balaban J connectivity index is 2.16. The van der Waals surface area contributed by atoms with Gasteiger partial charge < -0.3 is 10.8 Å². The highest BCUT2D eigenvalue weighted by atomic mass is 16.3. The number of phenols is 1. The van der Waals surface area contributed by atoms with Crippen LogP contribution in [0.1, 0.15) is 18.4 Å². The summed E-state index contributed by atoms with van der Waals surface area (Å²) in [5.74, 6) is -0.437. The molecule has 3 N–H and O–H groups in total. The van der Waals surface area contributed by atoms with E-state index in [-0.39, 0.29) is 24.1 Å². The van der Waals surface area contributed by atoms with Crippen molar-refractivity contribution in [1.29, 1.82) is 0 Å². The van der Waals surface area contributed by atoms with Crippen molar-refractivity contribution in [3.8, 4) is 5.75 Å². The summed E-state index contributed by atoms with van der Waals surface area (Å²) in [6.07, 6.45) is 0.708. The highest BCUT2D eigenvalue weighted by molar-refractivity contribution is 6.00. The summed E-state index contributed by atoms with van der Waals surface area (Å²) < 4.78 is 0. The summed E-state index contributed by atoms with van der Waals surface area (Å²) in [5.41, 5.74) is 6.33. The first-order chi connectivity index (χ1) is 8.08. The van der Waals surface area contributed by atoms with Crippen molar-refractivity contribution in [2.45, 2.75) is 25.4 Å². The molecule has 0 radical (unpaired) electrons. The number of hydrogen-bond acceptors (Lipinski definition) is 4. The number of aromatic hydroxyl groups is 1. The van der Waals surface area contributed by atoms with Gasteiger partial charge in [0.2, 0.25) is 11.8 Å². The maximum absolute atomic E-state index is 11.7. The highest BCUT2D eigenvalue weighted by Gasteiger charge is 2.31. The SMILES string of the molecule is NC1CCC(=O)N(Cc2cccc(O)c2)C1=O. The van der Waals surface area contributed by atoms with Crippen molar-refractivity contribution >= 4 is 11.8 Å². The van der Waals surface area contributed by atoms with Crippen LogP contribution in [0.15, 0.2) is 24.3 Å². The molecule has 1 aromatic carbocycles. The Morgan fingerprint density at radius 3 is 2.88 bits per heavy atom. The first-order valence-corrected chi connectivity index (χ1v) is 5.45. The zero-order valence-electron chi connectivity index (χ0n) is 9.30. The van der Waals surface area contributed by atoms with E-state index in [1.807, 2.05) is 0 Å². The third-order valence-corrected chi connectivity index (χ3v) is 2.80. The lowest BCUT2D eigenvalue weighted by Gasteiger charge is -2.28. The molecular formula is C12H14N2O3. The molecule has 90 valence electrons. The Morgan fingerprint density at radius 2 is 2.18 bits per heavy atom. The van der Waals surface area contributed by atoms with E-state index in [0.29, 0.717) is 18.4 Å². The van der Waals surface area contributed by atoms with Crippen LogP contribution >= 0.6 is 0 Å². The Kier molecular flexibility index (Phi) is 3.10. The molecule has 1 fully saturated rings. The lowest BCUT2D eigenvalue weighted by atomic mass is 10.0. The van der Waals surface area contributed by atoms with Crippen molar-refractivity contribution in [3.63, 3.8) is 0 Å². The molecule has 0 saturated carbocycles. The van der Waals surface area contributed by atoms with Gasteiger partial charge in [0.15, 0.2) is 0 Å². The first-order valence-electron chi connectivity index (χ1n) is 5.45. The third kappa shape index (κ3) is 2.45. The standard InChI is InChI=1S/C12H14N2O3/c13-10-4-5-11(16)14(12(10)17)7-8-2-1-3-9(15)6-8/h1-3,6,10,15H,4-5,7,13H2. The second-order valence-electron chi connectivity index (χ2n) is 4.13. The number of benzene rings is 1. The minimum Gasteiger partial charge on any atom is -0.508 e. The van der Waals surface area contributed by atoms with E-state index in [4.69, 9.17) is 5.73 Å². The molecule has 1 atom stereocenters. The zero-order chi connectivity index (χ0) is 12.4. The number of nitrogens with zero attached hydrogens (tertiary/aromatic N) is 1. The second kappa shape index (κ2) is 4.55. The Hall–Kier alpha value is -1.88. The molecule has 5 nitrogen and oxygen atoms in total. The molecule has 0 aromatic heterocycles. The van der Waals surface area contributed by atoms with Gasteiger partial charge in [0.1, 0.15) is 5.75 Å². The van der Waals surface area contributed by atoms with Crippen LogP contribution in [-0.2, 0) is 16.1 Å². The number of carbonyl (C=O) groups excluding carboxylic acids is 2. The van der Waals surface area contributed by atoms with Crippen molar-refractivity contribution in [1.82, 2.24) is 4.90 Å². The van der Waals surface area contributed by atoms with Crippen LogP contribution in [0.25, 0.3) is 0 Å². The van der Waals surface area contributed by atoms with Gasteiger partial charge >= 0.3 is 0 Å². The van der Waals surface area contributed by atoms with Gasteiger partial charge in [-0.15, -0.1) is 0 Å². The molecule has 1 unspecified atom stereocenters. The molecular weight excluding hydrogens is 220 g/mol. The van der Waals surface area contributed by atoms with Crippen molar-refractivity contribution in [2.24, 2.45) is 5.73 Å². The maximum Gasteiger partial charge on any atom is 0.246 e. The summed E-state index contributed by atoms with van der Waals surface area (Å²) in [5, 5.41) is 9.31. The number of hydrogen-bond donors (Lipinski definition) is 2. The Morgan fingerprint density at radius 1 is 1.41 bits per heavy atom. The van der Waals surface area contributed by atoms with E-state index in [1.54, 1.807) is 12.1 Å². The molecule has 2 amide bonds. The van der Waals surface area contributed by atoms with Gasteiger partial charge in [-0.05, 0) is 24.1 Å². The van der Waals surface area contributed by atoms with Gasteiger partial charge in [-0.2, -0.15) is 0 Å². The molecule has 0 spiro atoms. The molecule has 17 heavy (non-hydrogen) atoms. The first kappa shape index (κ1) is 11.6.